The Morgan fingerprint density at radius 1 is 1.34 bits per heavy atom. The Balaban J connectivity index is 2.65. The number of esters is 3. The highest BCUT2D eigenvalue weighted by Gasteiger charge is 2.49. The zero-order valence-electron chi connectivity index (χ0n) is 16.4. The summed E-state index contributed by atoms with van der Waals surface area (Å²) in [5, 5.41) is 9.61. The van der Waals surface area contributed by atoms with Gasteiger partial charge in [-0.2, -0.15) is 0 Å². The van der Waals surface area contributed by atoms with E-state index in [1.807, 2.05) is 0 Å². The summed E-state index contributed by atoms with van der Waals surface area (Å²) in [7, 11) is 0. The van der Waals surface area contributed by atoms with Crippen molar-refractivity contribution < 1.29 is 38.5 Å². The molecule has 1 fully saturated rings. The number of hydrogen-bond donors (Lipinski definition) is 1. The van der Waals surface area contributed by atoms with E-state index in [4.69, 9.17) is 14.2 Å². The van der Waals surface area contributed by atoms with E-state index in [2.05, 4.69) is 13.2 Å². The van der Waals surface area contributed by atoms with Crippen LogP contribution in [-0.2, 0) is 33.4 Å². The molecule has 0 amide bonds. The molecule has 4 unspecified atom stereocenters. The van der Waals surface area contributed by atoms with Gasteiger partial charge in [0.1, 0.15) is 12.4 Å². The molecular weight excluding hydrogens is 380 g/mol. The zero-order valence-corrected chi connectivity index (χ0v) is 16.4. The zero-order chi connectivity index (χ0) is 21.7. The van der Waals surface area contributed by atoms with E-state index in [9.17, 15) is 24.3 Å². The molecule has 4 atom stereocenters. The van der Waals surface area contributed by atoms with E-state index in [1.165, 1.54) is 6.92 Å². The molecule has 0 aromatic heterocycles. The normalized spacial score (nSPS) is 30.6. The largest absolute Gasteiger partial charge is 0.454 e. The van der Waals surface area contributed by atoms with Gasteiger partial charge in [-0.1, -0.05) is 19.2 Å². The Hall–Kier alpha value is -3.00. The van der Waals surface area contributed by atoms with E-state index >= 15 is 0 Å². The molecule has 1 saturated heterocycles. The van der Waals surface area contributed by atoms with Crippen molar-refractivity contribution in [3.05, 3.63) is 47.6 Å². The van der Waals surface area contributed by atoms with Gasteiger partial charge in [0.15, 0.2) is 12.2 Å². The number of fused-ring (bicyclic) bond motifs is 1. The Morgan fingerprint density at radius 3 is 2.59 bits per heavy atom. The van der Waals surface area contributed by atoms with Gasteiger partial charge in [0, 0.05) is 23.6 Å². The van der Waals surface area contributed by atoms with Crippen molar-refractivity contribution in [1.29, 1.82) is 0 Å². The Kier molecular flexibility index (Phi) is 7.28. The van der Waals surface area contributed by atoms with E-state index in [1.54, 1.807) is 12.2 Å². The first-order valence-electron chi connectivity index (χ1n) is 9.08. The smallest absolute Gasteiger partial charge is 0.334 e. The standard InChI is InChI=1S/C21H24O8/c1-11(2)20(25)29-19-17-12(3)21(26)28-16(17)8-14(9-22)6-5-7-15(10-23)18(19)27-13(4)24/h7-8,10,16-19,22H,1,3,5-6,9H2,2,4H3/b14-8-,15-7-. The van der Waals surface area contributed by atoms with Crippen molar-refractivity contribution in [3.63, 3.8) is 0 Å². The lowest BCUT2D eigenvalue weighted by Crippen LogP contribution is -2.45. The maximum absolute atomic E-state index is 12.3. The topological polar surface area (TPSA) is 116 Å². The van der Waals surface area contributed by atoms with E-state index < -0.39 is 42.1 Å². The summed E-state index contributed by atoms with van der Waals surface area (Å²) < 4.78 is 16.2. The Bertz CT molecular complexity index is 803. The van der Waals surface area contributed by atoms with Crippen LogP contribution in [0.15, 0.2) is 47.6 Å². The molecule has 156 valence electrons. The van der Waals surface area contributed by atoms with Gasteiger partial charge in [-0.05, 0) is 31.4 Å². The average Bonchev–Trinajstić information content (AvgIpc) is 2.93. The summed E-state index contributed by atoms with van der Waals surface area (Å²) in [6.07, 6.45) is 0.932. The summed E-state index contributed by atoms with van der Waals surface area (Å²) in [6.45, 7) is 9.59. The van der Waals surface area contributed by atoms with Crippen molar-refractivity contribution >= 4 is 24.2 Å². The van der Waals surface area contributed by atoms with Crippen LogP contribution in [0.3, 0.4) is 0 Å². The number of aliphatic hydroxyl groups excluding tert-OH is 1. The molecule has 1 aliphatic heterocycles. The molecule has 0 saturated carbocycles. The van der Waals surface area contributed by atoms with Crippen LogP contribution in [0.2, 0.25) is 0 Å². The second-order valence-electron chi connectivity index (χ2n) is 6.94. The lowest BCUT2D eigenvalue weighted by molar-refractivity contribution is -0.166. The van der Waals surface area contributed by atoms with Gasteiger partial charge in [-0.15, -0.1) is 0 Å². The third-order valence-electron chi connectivity index (χ3n) is 4.71. The summed E-state index contributed by atoms with van der Waals surface area (Å²) in [4.78, 5) is 48.0. The molecule has 0 radical (unpaired) electrons. The maximum atomic E-state index is 12.3. The minimum Gasteiger partial charge on any atom is -0.454 e. The number of aldehydes is 1. The highest BCUT2D eigenvalue weighted by Crippen LogP contribution is 2.37. The lowest BCUT2D eigenvalue weighted by atomic mass is 9.83. The Labute approximate surface area is 168 Å². The second-order valence-corrected chi connectivity index (χ2v) is 6.94. The van der Waals surface area contributed by atoms with Crippen LogP contribution in [0.1, 0.15) is 26.7 Å². The summed E-state index contributed by atoms with van der Waals surface area (Å²) >= 11 is 0. The molecule has 0 aromatic carbocycles. The minimum absolute atomic E-state index is 0.00558. The number of carbonyl (C=O) groups excluding carboxylic acids is 4. The first kappa shape index (κ1) is 22.3. The van der Waals surface area contributed by atoms with Crippen LogP contribution < -0.4 is 0 Å². The van der Waals surface area contributed by atoms with Gasteiger partial charge in [-0.25, -0.2) is 9.59 Å². The van der Waals surface area contributed by atoms with E-state index in [0.717, 1.165) is 6.92 Å². The monoisotopic (exact) mass is 404 g/mol. The molecule has 8 heteroatoms. The van der Waals surface area contributed by atoms with Crippen LogP contribution >= 0.6 is 0 Å². The van der Waals surface area contributed by atoms with Gasteiger partial charge in [-0.3, -0.25) is 9.59 Å². The fourth-order valence-corrected chi connectivity index (χ4v) is 3.28. The number of hydrogen-bond acceptors (Lipinski definition) is 8. The first-order chi connectivity index (χ1) is 13.7. The van der Waals surface area contributed by atoms with Crippen LogP contribution in [0.5, 0.6) is 0 Å². The number of allylic oxidation sites excluding steroid dienone is 1. The maximum Gasteiger partial charge on any atom is 0.334 e. The molecular formula is C21H24O8. The number of rotatable bonds is 5. The predicted molar refractivity (Wildman–Crippen MR) is 101 cm³/mol. The summed E-state index contributed by atoms with van der Waals surface area (Å²) in [5.41, 5.74) is 0.745. The third-order valence-corrected chi connectivity index (χ3v) is 4.71. The SMILES string of the molecule is C=C(C)C(=O)OC1C(OC(C)=O)/C(C=O)=C\CC/C(CO)=C/C2OC(=O)C(=C)C21. The molecule has 0 aromatic rings. The quantitative estimate of drug-likeness (QED) is 0.240. The molecule has 2 rings (SSSR count). The highest BCUT2D eigenvalue weighted by atomic mass is 16.6. The lowest BCUT2D eigenvalue weighted by Gasteiger charge is -2.33. The van der Waals surface area contributed by atoms with Crippen LogP contribution in [0.25, 0.3) is 0 Å². The first-order valence-corrected chi connectivity index (χ1v) is 9.08. The summed E-state index contributed by atoms with van der Waals surface area (Å²) in [5.74, 6) is -3.12. The van der Waals surface area contributed by atoms with Crippen molar-refractivity contribution in [2.45, 2.75) is 45.0 Å². The molecule has 29 heavy (non-hydrogen) atoms. The van der Waals surface area contributed by atoms with Gasteiger partial charge in [0.05, 0.1) is 12.5 Å². The van der Waals surface area contributed by atoms with Gasteiger partial charge < -0.3 is 19.3 Å². The van der Waals surface area contributed by atoms with Crippen molar-refractivity contribution in [1.82, 2.24) is 0 Å². The van der Waals surface area contributed by atoms with Gasteiger partial charge in [0.25, 0.3) is 0 Å². The Morgan fingerprint density at radius 2 is 2.03 bits per heavy atom. The molecule has 1 heterocycles. The third kappa shape index (κ3) is 5.08. The number of carbonyl (C=O) groups is 4. The molecule has 2 aliphatic rings. The highest BCUT2D eigenvalue weighted by molar-refractivity contribution is 5.92. The van der Waals surface area contributed by atoms with Gasteiger partial charge >= 0.3 is 17.9 Å². The van der Waals surface area contributed by atoms with E-state index in [-0.39, 0.29) is 23.3 Å². The molecule has 0 bridgehead atoms. The molecule has 1 N–H and O–H groups in total. The number of aliphatic hydroxyl groups is 1. The molecule has 8 nitrogen and oxygen atoms in total. The fourth-order valence-electron chi connectivity index (χ4n) is 3.28. The van der Waals surface area contributed by atoms with E-state index in [0.29, 0.717) is 24.7 Å². The van der Waals surface area contributed by atoms with Crippen molar-refractivity contribution in [2.75, 3.05) is 6.61 Å². The predicted octanol–water partition coefficient (Wildman–Crippen LogP) is 1.34. The second kappa shape index (κ2) is 9.47. The van der Waals surface area contributed by atoms with Gasteiger partial charge in [0.2, 0.25) is 0 Å². The number of ether oxygens (including phenoxy) is 3. The molecule has 0 spiro atoms. The van der Waals surface area contributed by atoms with Crippen LogP contribution in [0, 0.1) is 5.92 Å². The minimum atomic E-state index is -1.27. The van der Waals surface area contributed by atoms with Crippen LogP contribution in [-0.4, -0.2) is 54.2 Å². The fraction of sp³-hybridized carbons (Fsp3) is 0.429. The van der Waals surface area contributed by atoms with Crippen molar-refractivity contribution in [2.24, 2.45) is 5.92 Å². The van der Waals surface area contributed by atoms with Crippen molar-refractivity contribution in [3.8, 4) is 0 Å². The van der Waals surface area contributed by atoms with Crippen LogP contribution in [0.4, 0.5) is 0 Å². The molecule has 1 aliphatic carbocycles. The average molecular weight is 404 g/mol. The summed E-state index contributed by atoms with van der Waals surface area (Å²) in [6, 6.07) is 0.